The van der Waals surface area contributed by atoms with Gasteiger partial charge in [0.2, 0.25) is 5.69 Å². The lowest BCUT2D eigenvalue weighted by Gasteiger charge is -2.00. The molecule has 0 atom stereocenters. The molecule has 0 bridgehead atoms. The molecule has 0 aliphatic heterocycles. The maximum atomic E-state index is 10.8. The number of nitrogens with zero attached hydrogens (tertiary/aromatic N) is 2. The van der Waals surface area contributed by atoms with Gasteiger partial charge in [0, 0.05) is 4.70 Å². The van der Waals surface area contributed by atoms with Crippen molar-refractivity contribution in [3.05, 3.63) is 41.5 Å². The number of hydrogen-bond acceptors (Lipinski definition) is 4. The lowest BCUT2D eigenvalue weighted by atomic mass is 10.2. The molecule has 0 saturated carbocycles. The van der Waals surface area contributed by atoms with E-state index in [-0.39, 0.29) is 11.4 Å². The SMILES string of the molecule is O=C(O)c1nn(-c2ccc3sccc3c2)cc1O. The van der Waals surface area contributed by atoms with Gasteiger partial charge in [0.05, 0.1) is 11.9 Å². The highest BCUT2D eigenvalue weighted by Gasteiger charge is 2.15. The Morgan fingerprint density at radius 2 is 2.17 bits per heavy atom. The van der Waals surface area contributed by atoms with Crippen LogP contribution in [0.1, 0.15) is 10.5 Å². The van der Waals surface area contributed by atoms with Gasteiger partial charge in [-0.15, -0.1) is 11.3 Å². The van der Waals surface area contributed by atoms with Crippen molar-refractivity contribution in [2.75, 3.05) is 0 Å². The number of thiophene rings is 1. The standard InChI is InChI=1S/C12H8N2O3S/c15-9-6-14(13-11(9)12(16)17)8-1-2-10-7(5-8)3-4-18-10/h1-6,15H,(H,16,17). The van der Waals surface area contributed by atoms with Gasteiger partial charge >= 0.3 is 5.97 Å². The van der Waals surface area contributed by atoms with Crippen LogP contribution in [-0.2, 0) is 0 Å². The summed E-state index contributed by atoms with van der Waals surface area (Å²) in [6, 6.07) is 7.64. The van der Waals surface area contributed by atoms with Gasteiger partial charge in [0.25, 0.3) is 0 Å². The molecular weight excluding hydrogens is 252 g/mol. The second-order valence-electron chi connectivity index (χ2n) is 3.76. The monoisotopic (exact) mass is 260 g/mol. The first-order valence-electron chi connectivity index (χ1n) is 5.15. The van der Waals surface area contributed by atoms with Crippen molar-refractivity contribution in [2.24, 2.45) is 0 Å². The minimum Gasteiger partial charge on any atom is -0.504 e. The van der Waals surface area contributed by atoms with E-state index in [2.05, 4.69) is 5.10 Å². The Labute approximate surface area is 106 Å². The van der Waals surface area contributed by atoms with Crippen LogP contribution in [0.4, 0.5) is 0 Å². The summed E-state index contributed by atoms with van der Waals surface area (Å²) in [5.41, 5.74) is 0.365. The van der Waals surface area contributed by atoms with Crippen LogP contribution < -0.4 is 0 Å². The zero-order chi connectivity index (χ0) is 12.7. The summed E-state index contributed by atoms with van der Waals surface area (Å²) in [7, 11) is 0. The van der Waals surface area contributed by atoms with E-state index in [0.29, 0.717) is 5.69 Å². The summed E-state index contributed by atoms with van der Waals surface area (Å²) in [5.74, 6) is -1.59. The molecule has 3 aromatic rings. The van der Waals surface area contributed by atoms with Gasteiger partial charge in [-0.1, -0.05) is 0 Å². The number of hydrogen-bond donors (Lipinski definition) is 2. The van der Waals surface area contributed by atoms with E-state index in [1.54, 1.807) is 11.3 Å². The Kier molecular flexibility index (Phi) is 2.31. The molecule has 0 radical (unpaired) electrons. The van der Waals surface area contributed by atoms with E-state index in [1.807, 2.05) is 29.6 Å². The van der Waals surface area contributed by atoms with E-state index < -0.39 is 5.97 Å². The van der Waals surface area contributed by atoms with Crippen molar-refractivity contribution in [1.82, 2.24) is 9.78 Å². The first kappa shape index (κ1) is 10.8. The van der Waals surface area contributed by atoms with E-state index in [9.17, 15) is 9.90 Å². The fraction of sp³-hybridized carbons (Fsp3) is 0. The third-order valence-corrected chi connectivity index (χ3v) is 3.50. The first-order valence-corrected chi connectivity index (χ1v) is 6.02. The predicted octanol–water partition coefficient (Wildman–Crippen LogP) is 2.49. The van der Waals surface area contributed by atoms with Crippen LogP contribution in [0.25, 0.3) is 15.8 Å². The van der Waals surface area contributed by atoms with Crippen LogP contribution in [0.5, 0.6) is 5.75 Å². The number of carboxylic acids is 1. The fourth-order valence-electron chi connectivity index (χ4n) is 1.75. The Bertz CT molecular complexity index is 745. The van der Waals surface area contributed by atoms with Gasteiger partial charge in [-0.2, -0.15) is 5.10 Å². The van der Waals surface area contributed by atoms with Crippen LogP contribution in [0.3, 0.4) is 0 Å². The molecule has 0 saturated heterocycles. The molecule has 6 heteroatoms. The second-order valence-corrected chi connectivity index (χ2v) is 4.70. The lowest BCUT2D eigenvalue weighted by Crippen LogP contribution is -2.00. The highest BCUT2D eigenvalue weighted by atomic mass is 32.1. The quantitative estimate of drug-likeness (QED) is 0.742. The maximum Gasteiger partial charge on any atom is 0.360 e. The molecule has 90 valence electrons. The molecule has 0 unspecified atom stereocenters. The van der Waals surface area contributed by atoms with E-state index in [0.717, 1.165) is 10.1 Å². The van der Waals surface area contributed by atoms with Crippen molar-refractivity contribution in [1.29, 1.82) is 0 Å². The number of aromatic nitrogens is 2. The smallest absolute Gasteiger partial charge is 0.360 e. The number of aromatic hydroxyl groups is 1. The van der Waals surface area contributed by atoms with Crippen molar-refractivity contribution < 1.29 is 15.0 Å². The summed E-state index contributed by atoms with van der Waals surface area (Å²) in [5, 5.41) is 25.2. The summed E-state index contributed by atoms with van der Waals surface area (Å²) in [6.07, 6.45) is 1.29. The lowest BCUT2D eigenvalue weighted by molar-refractivity contribution is 0.0687. The number of carbonyl (C=O) groups is 1. The van der Waals surface area contributed by atoms with Crippen LogP contribution in [0.15, 0.2) is 35.8 Å². The number of rotatable bonds is 2. The molecule has 1 aromatic carbocycles. The van der Waals surface area contributed by atoms with Gasteiger partial charge in [-0.3, -0.25) is 0 Å². The molecule has 0 aliphatic rings. The first-order chi connectivity index (χ1) is 8.65. The Hall–Kier alpha value is -2.34. The van der Waals surface area contributed by atoms with Crippen LogP contribution in [-0.4, -0.2) is 26.0 Å². The van der Waals surface area contributed by atoms with Gasteiger partial charge in [0.1, 0.15) is 0 Å². The zero-order valence-electron chi connectivity index (χ0n) is 9.07. The van der Waals surface area contributed by atoms with Gasteiger partial charge in [-0.05, 0) is 35.0 Å². The summed E-state index contributed by atoms with van der Waals surface area (Å²) in [6.45, 7) is 0. The molecule has 5 nitrogen and oxygen atoms in total. The summed E-state index contributed by atoms with van der Waals surface area (Å²) in [4.78, 5) is 10.8. The topological polar surface area (TPSA) is 75.3 Å². The molecule has 2 aromatic heterocycles. The minimum absolute atomic E-state index is 0.340. The summed E-state index contributed by atoms with van der Waals surface area (Å²) < 4.78 is 2.50. The molecule has 0 fully saturated rings. The van der Waals surface area contributed by atoms with Crippen LogP contribution in [0.2, 0.25) is 0 Å². The number of fused-ring (bicyclic) bond motifs is 1. The van der Waals surface area contributed by atoms with Gasteiger partial charge < -0.3 is 10.2 Å². The number of aromatic carboxylic acids is 1. The van der Waals surface area contributed by atoms with Crippen LogP contribution in [0, 0.1) is 0 Å². The number of carboxylic acid groups (broad SMARTS) is 1. The van der Waals surface area contributed by atoms with Crippen molar-refractivity contribution in [3.63, 3.8) is 0 Å². The van der Waals surface area contributed by atoms with E-state index >= 15 is 0 Å². The zero-order valence-corrected chi connectivity index (χ0v) is 9.89. The predicted molar refractivity (Wildman–Crippen MR) is 67.6 cm³/mol. The average Bonchev–Trinajstić information content (AvgIpc) is 2.93. The van der Waals surface area contributed by atoms with Crippen molar-refractivity contribution >= 4 is 27.4 Å². The van der Waals surface area contributed by atoms with Crippen LogP contribution >= 0.6 is 11.3 Å². The van der Waals surface area contributed by atoms with Gasteiger partial charge in [0.15, 0.2) is 5.75 Å². The highest BCUT2D eigenvalue weighted by molar-refractivity contribution is 7.17. The third kappa shape index (κ3) is 1.63. The molecular formula is C12H8N2O3S. The van der Waals surface area contributed by atoms with E-state index in [4.69, 9.17) is 5.11 Å². The average molecular weight is 260 g/mol. The molecule has 0 amide bonds. The summed E-state index contributed by atoms with van der Waals surface area (Å²) >= 11 is 1.63. The largest absolute Gasteiger partial charge is 0.504 e. The Morgan fingerprint density at radius 3 is 2.89 bits per heavy atom. The molecule has 2 N–H and O–H groups in total. The van der Waals surface area contributed by atoms with Crippen molar-refractivity contribution in [2.45, 2.75) is 0 Å². The Balaban J connectivity index is 2.13. The normalized spacial score (nSPS) is 10.9. The highest BCUT2D eigenvalue weighted by Crippen LogP contribution is 2.24. The van der Waals surface area contributed by atoms with E-state index in [1.165, 1.54) is 10.9 Å². The molecule has 18 heavy (non-hydrogen) atoms. The second kappa shape index (κ2) is 3.85. The molecule has 0 spiro atoms. The van der Waals surface area contributed by atoms with Gasteiger partial charge in [-0.25, -0.2) is 9.48 Å². The third-order valence-electron chi connectivity index (χ3n) is 2.60. The minimum atomic E-state index is -1.25. The van der Waals surface area contributed by atoms with Crippen molar-refractivity contribution in [3.8, 4) is 11.4 Å². The molecule has 2 heterocycles. The maximum absolute atomic E-state index is 10.8. The fourth-order valence-corrected chi connectivity index (χ4v) is 2.52. The molecule has 3 rings (SSSR count). The molecule has 0 aliphatic carbocycles. The number of benzene rings is 1. The Morgan fingerprint density at radius 1 is 1.33 bits per heavy atom.